The first-order valence-corrected chi connectivity index (χ1v) is 6.68. The van der Waals surface area contributed by atoms with Crippen LogP contribution in [0, 0.1) is 0 Å². The Morgan fingerprint density at radius 3 is 2.29 bits per heavy atom. The molecule has 1 saturated heterocycles. The Labute approximate surface area is 120 Å². The number of carbonyl (C=O) groups is 1. The minimum atomic E-state index is -4.35. The van der Waals surface area contributed by atoms with Gasteiger partial charge < -0.3 is 10.0 Å². The summed E-state index contributed by atoms with van der Waals surface area (Å²) in [7, 11) is 0. The van der Waals surface area contributed by atoms with E-state index < -0.39 is 11.7 Å². The lowest BCUT2D eigenvalue weighted by atomic mass is 10.1. The number of likely N-dealkylation sites (tertiary alicyclic amines) is 1. The number of hydrogen-bond acceptors (Lipinski definition) is 2. The van der Waals surface area contributed by atoms with Gasteiger partial charge in [-0.25, -0.2) is 0 Å². The van der Waals surface area contributed by atoms with E-state index in [1.807, 2.05) is 0 Å². The Balaban J connectivity index is 1.96. The van der Waals surface area contributed by atoms with E-state index in [2.05, 4.69) is 0 Å². The molecule has 0 aromatic heterocycles. The van der Waals surface area contributed by atoms with Crippen LogP contribution >= 0.6 is 0 Å². The van der Waals surface area contributed by atoms with E-state index in [1.54, 1.807) is 4.90 Å². The predicted molar refractivity (Wildman–Crippen MR) is 72.3 cm³/mol. The number of alkyl halides is 3. The fourth-order valence-electron chi connectivity index (χ4n) is 2.14. The zero-order valence-electron chi connectivity index (χ0n) is 11.3. The van der Waals surface area contributed by atoms with Crippen LogP contribution < -0.4 is 0 Å². The number of carbonyl (C=O) groups excluding carboxylic acids is 1. The molecule has 3 nitrogen and oxygen atoms in total. The van der Waals surface area contributed by atoms with Crippen molar-refractivity contribution in [1.82, 2.24) is 4.90 Å². The lowest BCUT2D eigenvalue weighted by molar-refractivity contribution is -0.137. The van der Waals surface area contributed by atoms with Crippen molar-refractivity contribution in [2.75, 3.05) is 13.1 Å². The summed E-state index contributed by atoms with van der Waals surface area (Å²) in [6.45, 7) is 0.995. The van der Waals surface area contributed by atoms with Crippen LogP contribution in [-0.4, -0.2) is 35.1 Å². The average Bonchev–Trinajstić information content (AvgIpc) is 2.45. The van der Waals surface area contributed by atoms with Crippen molar-refractivity contribution in [2.45, 2.75) is 25.1 Å². The van der Waals surface area contributed by atoms with E-state index in [1.165, 1.54) is 24.3 Å². The van der Waals surface area contributed by atoms with Crippen molar-refractivity contribution in [2.24, 2.45) is 0 Å². The molecule has 1 fully saturated rings. The van der Waals surface area contributed by atoms with Crippen LogP contribution in [0.3, 0.4) is 0 Å². The molecule has 0 atom stereocenters. The molecular weight excluding hydrogens is 283 g/mol. The Hall–Kier alpha value is -1.82. The fourth-order valence-corrected chi connectivity index (χ4v) is 2.14. The molecule has 1 N–H and O–H groups in total. The van der Waals surface area contributed by atoms with Gasteiger partial charge in [-0.1, -0.05) is 12.1 Å². The van der Waals surface area contributed by atoms with E-state index >= 15 is 0 Å². The van der Waals surface area contributed by atoms with Crippen LogP contribution in [0.2, 0.25) is 0 Å². The highest BCUT2D eigenvalue weighted by Crippen LogP contribution is 2.29. The maximum atomic E-state index is 12.4. The van der Waals surface area contributed by atoms with Crippen LogP contribution in [0.25, 0.3) is 6.08 Å². The molecule has 1 amide bonds. The van der Waals surface area contributed by atoms with Crippen molar-refractivity contribution in [3.05, 3.63) is 41.5 Å². The lowest BCUT2D eigenvalue weighted by Gasteiger charge is -2.28. The molecule has 1 aromatic carbocycles. The quantitative estimate of drug-likeness (QED) is 0.853. The van der Waals surface area contributed by atoms with Gasteiger partial charge in [0.2, 0.25) is 5.91 Å². The van der Waals surface area contributed by atoms with Gasteiger partial charge in [0.25, 0.3) is 0 Å². The Morgan fingerprint density at radius 2 is 1.76 bits per heavy atom. The summed E-state index contributed by atoms with van der Waals surface area (Å²) in [6.07, 6.45) is -0.756. The molecule has 6 heteroatoms. The zero-order chi connectivity index (χ0) is 15.5. The summed E-state index contributed by atoms with van der Waals surface area (Å²) in [4.78, 5) is 13.5. The number of piperidine rings is 1. The first kappa shape index (κ1) is 15.6. The molecule has 114 valence electrons. The monoisotopic (exact) mass is 299 g/mol. The molecule has 0 bridgehead atoms. The molecule has 1 heterocycles. The number of nitrogens with zero attached hydrogens (tertiary/aromatic N) is 1. The third-order valence-electron chi connectivity index (χ3n) is 3.43. The Kier molecular flexibility index (Phi) is 4.67. The molecule has 1 aliphatic rings. The molecule has 0 aliphatic carbocycles. The molecule has 0 radical (unpaired) electrons. The highest BCUT2D eigenvalue weighted by atomic mass is 19.4. The minimum Gasteiger partial charge on any atom is -0.393 e. The van der Waals surface area contributed by atoms with Gasteiger partial charge in [0, 0.05) is 19.2 Å². The van der Waals surface area contributed by atoms with E-state index in [-0.39, 0.29) is 12.0 Å². The number of rotatable bonds is 2. The van der Waals surface area contributed by atoms with Gasteiger partial charge in [-0.2, -0.15) is 13.2 Å². The molecule has 1 aromatic rings. The standard InChI is InChI=1S/C15H16F3NO2/c16-15(17,18)12-4-1-11(2-5-12)3-6-14(21)19-9-7-13(20)8-10-19/h1-6,13,20H,7-10H2/b6-3+. The van der Waals surface area contributed by atoms with Crippen molar-refractivity contribution in [3.8, 4) is 0 Å². The maximum absolute atomic E-state index is 12.4. The van der Waals surface area contributed by atoms with Gasteiger partial charge in [0.1, 0.15) is 0 Å². The molecule has 0 unspecified atom stereocenters. The van der Waals surface area contributed by atoms with Gasteiger partial charge in [-0.3, -0.25) is 4.79 Å². The number of aliphatic hydroxyl groups is 1. The number of hydrogen-bond donors (Lipinski definition) is 1. The Morgan fingerprint density at radius 1 is 1.19 bits per heavy atom. The summed E-state index contributed by atoms with van der Waals surface area (Å²) in [6, 6.07) is 4.63. The third-order valence-corrected chi connectivity index (χ3v) is 3.43. The SMILES string of the molecule is O=C(/C=C/c1ccc(C(F)(F)F)cc1)N1CCC(O)CC1. The van der Waals surface area contributed by atoms with E-state index in [0.29, 0.717) is 31.5 Å². The fraction of sp³-hybridized carbons (Fsp3) is 0.400. The zero-order valence-corrected chi connectivity index (χ0v) is 11.3. The number of halogens is 3. The average molecular weight is 299 g/mol. The summed E-state index contributed by atoms with van der Waals surface area (Å²) in [5.41, 5.74) is -0.176. The summed E-state index contributed by atoms with van der Waals surface area (Å²) in [5.74, 6) is -0.193. The molecule has 0 saturated carbocycles. The number of aliphatic hydroxyl groups excluding tert-OH is 1. The second kappa shape index (κ2) is 6.30. The third kappa shape index (κ3) is 4.32. The smallest absolute Gasteiger partial charge is 0.393 e. The van der Waals surface area contributed by atoms with E-state index in [0.717, 1.165) is 12.1 Å². The van der Waals surface area contributed by atoms with Crippen LogP contribution in [0.5, 0.6) is 0 Å². The summed E-state index contributed by atoms with van der Waals surface area (Å²) < 4.78 is 37.2. The molecular formula is C15H16F3NO2. The van der Waals surface area contributed by atoms with Crippen LogP contribution in [0.1, 0.15) is 24.0 Å². The van der Waals surface area contributed by atoms with Crippen molar-refractivity contribution < 1.29 is 23.1 Å². The summed E-state index contributed by atoms with van der Waals surface area (Å²) >= 11 is 0. The normalized spacial score (nSPS) is 17.4. The predicted octanol–water partition coefficient (Wildman–Crippen LogP) is 2.70. The first-order chi connectivity index (χ1) is 9.86. The number of benzene rings is 1. The molecule has 1 aliphatic heterocycles. The highest BCUT2D eigenvalue weighted by molar-refractivity contribution is 5.91. The lowest BCUT2D eigenvalue weighted by Crippen LogP contribution is -2.39. The second-order valence-corrected chi connectivity index (χ2v) is 5.01. The van der Waals surface area contributed by atoms with Crippen molar-refractivity contribution >= 4 is 12.0 Å². The first-order valence-electron chi connectivity index (χ1n) is 6.68. The van der Waals surface area contributed by atoms with E-state index in [4.69, 9.17) is 0 Å². The van der Waals surface area contributed by atoms with Gasteiger partial charge in [0.15, 0.2) is 0 Å². The number of amides is 1. The van der Waals surface area contributed by atoms with Crippen molar-refractivity contribution in [1.29, 1.82) is 0 Å². The van der Waals surface area contributed by atoms with Gasteiger partial charge in [-0.15, -0.1) is 0 Å². The van der Waals surface area contributed by atoms with Gasteiger partial charge in [0.05, 0.1) is 11.7 Å². The maximum Gasteiger partial charge on any atom is 0.416 e. The van der Waals surface area contributed by atoms with Gasteiger partial charge >= 0.3 is 6.18 Å². The largest absolute Gasteiger partial charge is 0.416 e. The van der Waals surface area contributed by atoms with E-state index in [9.17, 15) is 23.1 Å². The Bertz CT molecular complexity index is 515. The highest BCUT2D eigenvalue weighted by Gasteiger charge is 2.29. The molecule has 0 spiro atoms. The van der Waals surface area contributed by atoms with Crippen molar-refractivity contribution in [3.63, 3.8) is 0 Å². The molecule has 2 rings (SSSR count). The van der Waals surface area contributed by atoms with Crippen LogP contribution in [-0.2, 0) is 11.0 Å². The van der Waals surface area contributed by atoms with Crippen LogP contribution in [0.15, 0.2) is 30.3 Å². The molecule has 21 heavy (non-hydrogen) atoms. The topological polar surface area (TPSA) is 40.5 Å². The van der Waals surface area contributed by atoms with Crippen LogP contribution in [0.4, 0.5) is 13.2 Å². The minimum absolute atomic E-state index is 0.193. The summed E-state index contributed by atoms with van der Waals surface area (Å²) in [5, 5.41) is 9.36. The second-order valence-electron chi connectivity index (χ2n) is 5.01. The van der Waals surface area contributed by atoms with Gasteiger partial charge in [-0.05, 0) is 36.6 Å².